The van der Waals surface area contributed by atoms with Gasteiger partial charge >= 0.3 is 9.33 Å². The minimum Gasteiger partial charge on any atom is -0.222 e. The molecule has 4 nitrogen and oxygen atoms in total. The van der Waals surface area contributed by atoms with Gasteiger partial charge in [-0.3, -0.25) is 0 Å². The van der Waals surface area contributed by atoms with E-state index in [1.165, 1.54) is 0 Å². The second-order valence-corrected chi connectivity index (χ2v) is 2.68. The maximum absolute atomic E-state index is 9.65. The maximum atomic E-state index is 9.65. The second kappa shape index (κ2) is 2.46. The summed E-state index contributed by atoms with van der Waals surface area (Å²) in [5.41, 5.74) is 0. The third-order valence-electron chi connectivity index (χ3n) is 0.149. The van der Waals surface area contributed by atoms with E-state index in [-0.39, 0.29) is 0 Å². The van der Waals surface area contributed by atoms with Crippen molar-refractivity contribution >= 4 is 20.0 Å². The van der Waals surface area contributed by atoms with Gasteiger partial charge in [0.05, 0.1) is 17.8 Å². The molecular formula is CH3ClO4S. The second-order valence-electron chi connectivity index (χ2n) is 0.628. The normalized spacial score (nSPS) is 11.7. The van der Waals surface area contributed by atoms with Crippen molar-refractivity contribution in [1.82, 2.24) is 0 Å². The lowest BCUT2D eigenvalue weighted by atomic mass is 11.8. The van der Waals surface area contributed by atoms with Crippen LogP contribution < -0.4 is 0 Å². The van der Waals surface area contributed by atoms with Crippen LogP contribution >= 0.6 is 10.7 Å². The SMILES string of the molecule is COOS(=O)(=O)Cl. The van der Waals surface area contributed by atoms with Crippen LogP contribution in [0.2, 0.25) is 0 Å². The summed E-state index contributed by atoms with van der Waals surface area (Å²) >= 11 is 0. The van der Waals surface area contributed by atoms with E-state index in [4.69, 9.17) is 0 Å². The van der Waals surface area contributed by atoms with Crippen molar-refractivity contribution in [2.75, 3.05) is 7.11 Å². The molecule has 0 spiro atoms. The molecule has 0 heterocycles. The van der Waals surface area contributed by atoms with Crippen LogP contribution in [0.4, 0.5) is 0 Å². The zero-order chi connectivity index (χ0) is 5.91. The Morgan fingerprint density at radius 2 is 2.00 bits per heavy atom. The summed E-state index contributed by atoms with van der Waals surface area (Å²) in [6.07, 6.45) is 0. The summed E-state index contributed by atoms with van der Waals surface area (Å²) in [7, 11) is 1.58. The van der Waals surface area contributed by atoms with Gasteiger partial charge < -0.3 is 0 Å². The largest absolute Gasteiger partial charge is 0.381 e. The molecule has 0 rings (SSSR count). The number of hydrogen-bond acceptors (Lipinski definition) is 4. The van der Waals surface area contributed by atoms with Gasteiger partial charge in [-0.15, -0.1) is 0 Å². The lowest BCUT2D eigenvalue weighted by Gasteiger charge is -1.86. The van der Waals surface area contributed by atoms with Crippen LogP contribution in [0.1, 0.15) is 0 Å². The molecule has 0 atom stereocenters. The monoisotopic (exact) mass is 146 g/mol. The van der Waals surface area contributed by atoms with Crippen molar-refractivity contribution < 1.29 is 17.6 Å². The predicted octanol–water partition coefficient (Wildman–Crippen LogP) is 0.0480. The maximum Gasteiger partial charge on any atom is 0.381 e. The van der Waals surface area contributed by atoms with Crippen LogP contribution in [0.25, 0.3) is 0 Å². The molecule has 0 aliphatic rings. The average Bonchev–Trinajstić information content (AvgIpc) is 1.30. The minimum absolute atomic E-state index is 1.04. The van der Waals surface area contributed by atoms with Crippen molar-refractivity contribution in [3.63, 3.8) is 0 Å². The van der Waals surface area contributed by atoms with Gasteiger partial charge in [0, 0.05) is 0 Å². The Morgan fingerprint density at radius 3 is 2.00 bits per heavy atom. The molecule has 0 unspecified atom stereocenters. The quantitative estimate of drug-likeness (QED) is 0.314. The topological polar surface area (TPSA) is 52.6 Å². The Bertz CT molecular complexity index is 125. The van der Waals surface area contributed by atoms with E-state index >= 15 is 0 Å². The molecule has 0 saturated heterocycles. The molecule has 0 bridgehead atoms. The van der Waals surface area contributed by atoms with Crippen molar-refractivity contribution in [2.24, 2.45) is 0 Å². The zero-order valence-corrected chi connectivity index (χ0v) is 4.99. The predicted molar refractivity (Wildman–Crippen MR) is 22.9 cm³/mol. The molecule has 0 aliphatic carbocycles. The van der Waals surface area contributed by atoms with E-state index in [2.05, 4.69) is 19.9 Å². The fourth-order valence-corrected chi connectivity index (χ4v) is 0.398. The molecule has 0 aliphatic heterocycles. The highest BCUT2D eigenvalue weighted by Crippen LogP contribution is 1.95. The Kier molecular flexibility index (Phi) is 2.52. The number of rotatable bonds is 2. The first-order valence-electron chi connectivity index (χ1n) is 1.23. The Morgan fingerprint density at radius 1 is 1.57 bits per heavy atom. The molecule has 6 heteroatoms. The molecule has 0 aromatic rings. The van der Waals surface area contributed by atoms with Gasteiger partial charge in [0.25, 0.3) is 0 Å². The highest BCUT2D eigenvalue weighted by atomic mass is 35.7. The van der Waals surface area contributed by atoms with E-state index in [1.54, 1.807) is 0 Å². The summed E-state index contributed by atoms with van der Waals surface area (Å²) in [5, 5.41) is 0. The zero-order valence-electron chi connectivity index (χ0n) is 3.42. The van der Waals surface area contributed by atoms with Crippen molar-refractivity contribution in [3.05, 3.63) is 0 Å². The number of hydrogen-bond donors (Lipinski definition) is 0. The average molecular weight is 147 g/mol. The summed E-state index contributed by atoms with van der Waals surface area (Å²) in [4.78, 5) is 3.69. The van der Waals surface area contributed by atoms with E-state index in [9.17, 15) is 8.42 Å². The van der Waals surface area contributed by atoms with Gasteiger partial charge in [-0.1, -0.05) is 4.33 Å². The molecule has 0 aromatic heterocycles. The molecule has 7 heavy (non-hydrogen) atoms. The van der Waals surface area contributed by atoms with Crippen LogP contribution in [0.5, 0.6) is 0 Å². The third kappa shape index (κ3) is 6.16. The van der Waals surface area contributed by atoms with Crippen LogP contribution in [0.3, 0.4) is 0 Å². The molecule has 0 amide bonds. The van der Waals surface area contributed by atoms with Crippen LogP contribution in [0.15, 0.2) is 0 Å². The van der Waals surface area contributed by atoms with E-state index < -0.39 is 9.33 Å². The standard InChI is InChI=1S/CH3ClO4S/c1-5-6-7(2,3)4/h1H3. The van der Waals surface area contributed by atoms with Crippen molar-refractivity contribution in [1.29, 1.82) is 0 Å². The highest BCUT2D eigenvalue weighted by molar-refractivity contribution is 8.09. The molecule has 0 fully saturated rings. The Hall–Kier alpha value is 0.160. The fourth-order valence-electron chi connectivity index (χ4n) is 0.0813. The molecule has 0 saturated carbocycles. The van der Waals surface area contributed by atoms with E-state index in [1.807, 2.05) is 0 Å². The molecule has 0 aromatic carbocycles. The van der Waals surface area contributed by atoms with Gasteiger partial charge in [0.1, 0.15) is 0 Å². The molecular weight excluding hydrogens is 144 g/mol. The molecule has 0 radical (unpaired) electrons. The van der Waals surface area contributed by atoms with Crippen molar-refractivity contribution in [2.45, 2.75) is 0 Å². The van der Waals surface area contributed by atoms with Gasteiger partial charge in [0.15, 0.2) is 0 Å². The summed E-state index contributed by atoms with van der Waals surface area (Å²) in [5.74, 6) is 0. The first-order valence-corrected chi connectivity index (χ1v) is 3.46. The summed E-state index contributed by atoms with van der Waals surface area (Å²) < 4.78 is 22.8. The van der Waals surface area contributed by atoms with Gasteiger partial charge in [-0.2, -0.15) is 8.42 Å². The van der Waals surface area contributed by atoms with E-state index in [0.717, 1.165) is 7.11 Å². The van der Waals surface area contributed by atoms with Crippen molar-refractivity contribution in [3.8, 4) is 0 Å². The third-order valence-corrected chi connectivity index (χ3v) is 0.602. The van der Waals surface area contributed by atoms with Crippen LogP contribution in [-0.4, -0.2) is 15.5 Å². The lowest BCUT2D eigenvalue weighted by Crippen LogP contribution is -1.93. The summed E-state index contributed by atoms with van der Waals surface area (Å²) in [6, 6.07) is 0. The van der Waals surface area contributed by atoms with Crippen LogP contribution in [0, 0.1) is 0 Å². The molecule has 44 valence electrons. The Balaban J connectivity index is 3.60. The smallest absolute Gasteiger partial charge is 0.222 e. The fraction of sp³-hybridized carbons (Fsp3) is 1.00. The highest BCUT2D eigenvalue weighted by Gasteiger charge is 2.01. The molecule has 0 N–H and O–H groups in total. The first-order chi connectivity index (χ1) is 3.06. The summed E-state index contributed by atoms with van der Waals surface area (Å²) in [6.45, 7) is 0. The van der Waals surface area contributed by atoms with E-state index in [0.29, 0.717) is 0 Å². The van der Waals surface area contributed by atoms with Crippen LogP contribution in [-0.2, 0) is 18.6 Å². The van der Waals surface area contributed by atoms with Gasteiger partial charge in [-0.05, 0) is 0 Å². The van der Waals surface area contributed by atoms with Gasteiger partial charge in [0.2, 0.25) is 0 Å². The first kappa shape index (κ1) is 7.16. The Labute approximate surface area is 45.5 Å². The number of halogens is 1. The van der Waals surface area contributed by atoms with Gasteiger partial charge in [-0.25, -0.2) is 4.89 Å². The minimum atomic E-state index is -3.92. The lowest BCUT2D eigenvalue weighted by molar-refractivity contribution is -0.169.